The number of rotatable bonds is 6. The quantitative estimate of drug-likeness (QED) is 0.273. The smallest absolute Gasteiger partial charge is 0.185 e. The van der Waals surface area contributed by atoms with Crippen molar-refractivity contribution < 1.29 is 9.84 Å². The van der Waals surface area contributed by atoms with Crippen LogP contribution in [0.25, 0.3) is 10.4 Å². The van der Waals surface area contributed by atoms with Gasteiger partial charge in [0, 0.05) is 4.91 Å². The Hall–Kier alpha value is -1.26. The van der Waals surface area contributed by atoms with Crippen LogP contribution in [0, 0.1) is 0 Å². The van der Waals surface area contributed by atoms with Crippen molar-refractivity contribution in [1.82, 2.24) is 0 Å². The van der Waals surface area contributed by atoms with Crippen molar-refractivity contribution >= 4 is 11.6 Å². The van der Waals surface area contributed by atoms with Gasteiger partial charge in [0.15, 0.2) is 5.79 Å². The van der Waals surface area contributed by atoms with Gasteiger partial charge in [-0.3, -0.25) is 0 Å². The maximum Gasteiger partial charge on any atom is 0.185 e. The summed E-state index contributed by atoms with van der Waals surface area (Å²) in [5.41, 5.74) is 9.07. The van der Waals surface area contributed by atoms with Gasteiger partial charge in [-0.2, -0.15) is 0 Å². The number of hydrogen-bond acceptors (Lipinski definition) is 3. The average molecular weight is 242 g/mol. The minimum absolute atomic E-state index is 0.154. The first kappa shape index (κ1) is 12.8. The van der Waals surface area contributed by atoms with Crippen LogP contribution in [0.15, 0.2) is 35.4 Å². The summed E-state index contributed by atoms with van der Waals surface area (Å²) in [7, 11) is 0. The minimum Gasteiger partial charge on any atom is -0.364 e. The van der Waals surface area contributed by atoms with E-state index in [0.29, 0.717) is 0 Å². The van der Waals surface area contributed by atoms with Crippen molar-refractivity contribution in [2.75, 3.05) is 12.4 Å². The third-order valence-electron chi connectivity index (χ3n) is 1.94. The first-order valence-corrected chi connectivity index (χ1v) is 5.21. The fraction of sp³-hybridized carbons (Fsp3) is 0.400. The highest BCUT2D eigenvalue weighted by Crippen LogP contribution is 2.13. The Labute approximate surface area is 98.2 Å². The van der Waals surface area contributed by atoms with E-state index in [0.717, 1.165) is 5.56 Å². The Morgan fingerprint density at radius 2 is 2.12 bits per heavy atom. The zero-order chi connectivity index (χ0) is 11.9. The van der Waals surface area contributed by atoms with Crippen LogP contribution >= 0.6 is 11.6 Å². The molecular weight excluding hydrogens is 230 g/mol. The van der Waals surface area contributed by atoms with Crippen molar-refractivity contribution in [3.05, 3.63) is 46.3 Å². The Morgan fingerprint density at radius 3 is 2.69 bits per heavy atom. The number of benzene rings is 1. The summed E-state index contributed by atoms with van der Waals surface area (Å²) in [4.78, 5) is 2.55. The molecule has 6 heteroatoms. The van der Waals surface area contributed by atoms with Gasteiger partial charge in [0.25, 0.3) is 0 Å². The number of azide groups is 1. The maximum atomic E-state index is 9.79. The summed E-state index contributed by atoms with van der Waals surface area (Å²) in [5.74, 6) is -1.76. The Morgan fingerprint density at radius 1 is 1.44 bits per heavy atom. The van der Waals surface area contributed by atoms with Crippen LogP contribution in [0.4, 0.5) is 0 Å². The molecule has 0 spiro atoms. The summed E-state index contributed by atoms with van der Waals surface area (Å²) < 4.78 is 5.23. The van der Waals surface area contributed by atoms with Gasteiger partial charge in [-0.1, -0.05) is 35.4 Å². The number of alkyl halides is 1. The van der Waals surface area contributed by atoms with Crippen LogP contribution in [0.2, 0.25) is 0 Å². The molecule has 1 atom stereocenters. The van der Waals surface area contributed by atoms with Crippen LogP contribution in [-0.2, 0) is 11.3 Å². The SMILES string of the molecule is [N-]=[N+]=NCC(O)(CCl)OCc1ccccc1. The predicted octanol–water partition coefficient (Wildman–Crippen LogP) is 2.44. The molecule has 1 aromatic carbocycles. The largest absolute Gasteiger partial charge is 0.364 e. The Balaban J connectivity index is 2.54. The molecule has 1 unspecified atom stereocenters. The van der Waals surface area contributed by atoms with E-state index in [-0.39, 0.29) is 19.0 Å². The molecule has 0 radical (unpaired) electrons. The number of ether oxygens (including phenoxy) is 1. The van der Waals surface area contributed by atoms with Crippen molar-refractivity contribution in [2.24, 2.45) is 5.11 Å². The van der Waals surface area contributed by atoms with Crippen LogP contribution < -0.4 is 0 Å². The highest BCUT2D eigenvalue weighted by atomic mass is 35.5. The van der Waals surface area contributed by atoms with Crippen molar-refractivity contribution in [3.8, 4) is 0 Å². The molecule has 16 heavy (non-hydrogen) atoms. The average Bonchev–Trinajstić information content (AvgIpc) is 2.35. The van der Waals surface area contributed by atoms with Gasteiger partial charge < -0.3 is 9.84 Å². The lowest BCUT2D eigenvalue weighted by Gasteiger charge is -2.23. The molecule has 0 saturated heterocycles. The third kappa shape index (κ3) is 4.08. The lowest BCUT2D eigenvalue weighted by molar-refractivity contribution is -0.186. The van der Waals surface area contributed by atoms with E-state index in [1.807, 2.05) is 30.3 Å². The van der Waals surface area contributed by atoms with Crippen LogP contribution in [0.5, 0.6) is 0 Å². The summed E-state index contributed by atoms with van der Waals surface area (Å²) in [6, 6.07) is 9.35. The molecule has 0 aliphatic carbocycles. The molecule has 0 fully saturated rings. The predicted molar refractivity (Wildman–Crippen MR) is 60.9 cm³/mol. The molecule has 1 aromatic rings. The molecule has 5 nitrogen and oxygen atoms in total. The van der Waals surface area contributed by atoms with Gasteiger partial charge in [-0.25, -0.2) is 0 Å². The second kappa shape index (κ2) is 6.35. The lowest BCUT2D eigenvalue weighted by atomic mass is 10.2. The van der Waals surface area contributed by atoms with E-state index in [4.69, 9.17) is 21.9 Å². The van der Waals surface area contributed by atoms with E-state index >= 15 is 0 Å². The van der Waals surface area contributed by atoms with E-state index in [9.17, 15) is 5.11 Å². The first-order valence-electron chi connectivity index (χ1n) is 4.67. The topological polar surface area (TPSA) is 78.2 Å². The van der Waals surface area contributed by atoms with E-state index in [2.05, 4.69) is 10.0 Å². The summed E-state index contributed by atoms with van der Waals surface area (Å²) in [5, 5.41) is 13.0. The number of halogens is 1. The van der Waals surface area contributed by atoms with Gasteiger partial charge in [0.1, 0.15) is 0 Å². The molecule has 0 heterocycles. The minimum atomic E-state index is -1.61. The van der Waals surface area contributed by atoms with Gasteiger partial charge >= 0.3 is 0 Å². The standard InChI is InChI=1S/C10H12ClN3O2/c11-7-10(15,8-13-14-12)16-6-9-4-2-1-3-5-9/h1-5,15H,6-8H2. The van der Waals surface area contributed by atoms with E-state index < -0.39 is 5.79 Å². The summed E-state index contributed by atoms with van der Waals surface area (Å²) in [6.07, 6.45) is 0. The second-order valence-electron chi connectivity index (χ2n) is 3.24. The lowest BCUT2D eigenvalue weighted by Crippen LogP contribution is -2.37. The van der Waals surface area contributed by atoms with Crippen molar-refractivity contribution in [3.63, 3.8) is 0 Å². The molecule has 0 amide bonds. The first-order chi connectivity index (χ1) is 7.70. The van der Waals surface area contributed by atoms with Crippen LogP contribution in [0.3, 0.4) is 0 Å². The molecule has 0 saturated carbocycles. The zero-order valence-electron chi connectivity index (χ0n) is 8.58. The molecular formula is C10H12ClN3O2. The zero-order valence-corrected chi connectivity index (χ0v) is 9.34. The van der Waals surface area contributed by atoms with E-state index in [1.54, 1.807) is 0 Å². The Bertz CT molecular complexity index is 368. The normalized spacial score (nSPS) is 13.9. The molecule has 1 N–H and O–H groups in total. The Kier molecular flexibility index (Phi) is 5.08. The molecule has 0 aliphatic heterocycles. The monoisotopic (exact) mass is 241 g/mol. The fourth-order valence-corrected chi connectivity index (χ4v) is 1.22. The number of aliphatic hydroxyl groups is 1. The summed E-state index contributed by atoms with van der Waals surface area (Å²) >= 11 is 5.55. The van der Waals surface area contributed by atoms with Crippen molar-refractivity contribution in [1.29, 1.82) is 0 Å². The highest BCUT2D eigenvalue weighted by molar-refractivity contribution is 6.18. The molecule has 0 bridgehead atoms. The van der Waals surface area contributed by atoms with Crippen LogP contribution in [-0.4, -0.2) is 23.3 Å². The summed E-state index contributed by atoms with van der Waals surface area (Å²) in [6.45, 7) is 0.00480. The molecule has 86 valence electrons. The van der Waals surface area contributed by atoms with Crippen molar-refractivity contribution in [2.45, 2.75) is 12.4 Å². The number of hydrogen-bond donors (Lipinski definition) is 1. The molecule has 0 aliphatic rings. The highest BCUT2D eigenvalue weighted by Gasteiger charge is 2.25. The van der Waals surface area contributed by atoms with Gasteiger partial charge in [0.05, 0.1) is 19.0 Å². The van der Waals surface area contributed by atoms with Crippen LogP contribution in [0.1, 0.15) is 5.56 Å². The molecule has 0 aromatic heterocycles. The second-order valence-corrected chi connectivity index (χ2v) is 3.51. The third-order valence-corrected chi connectivity index (χ3v) is 2.36. The maximum absolute atomic E-state index is 9.79. The fourth-order valence-electron chi connectivity index (χ4n) is 1.06. The van der Waals surface area contributed by atoms with E-state index in [1.165, 1.54) is 0 Å². The molecule has 1 rings (SSSR count). The van der Waals surface area contributed by atoms with Gasteiger partial charge in [-0.05, 0) is 11.1 Å². The van der Waals surface area contributed by atoms with Gasteiger partial charge in [-0.15, -0.1) is 11.6 Å². The number of nitrogens with zero attached hydrogens (tertiary/aromatic N) is 3. The van der Waals surface area contributed by atoms with Gasteiger partial charge in [0.2, 0.25) is 0 Å².